The molecule has 10 heavy (non-hydrogen) atoms. The van der Waals surface area contributed by atoms with Crippen molar-refractivity contribution in [2.24, 2.45) is 11.8 Å². The lowest BCUT2D eigenvalue weighted by Crippen LogP contribution is -2.02. The Hall–Kier alpha value is 0.700. The molecule has 0 rings (SSSR count). The first-order valence-corrected chi connectivity index (χ1v) is 5.19. The Morgan fingerprint density at radius 2 is 1.90 bits per heavy atom. The molecule has 0 bridgehead atoms. The highest BCUT2D eigenvalue weighted by Crippen LogP contribution is 2.22. The molecule has 0 aromatic heterocycles. The first-order valence-electron chi connectivity index (χ1n) is 3.60. The Balaban J connectivity index is 3.83. The van der Waals surface area contributed by atoms with Crippen LogP contribution < -0.4 is 0 Å². The van der Waals surface area contributed by atoms with Crippen LogP contribution in [0.2, 0.25) is 0 Å². The van der Waals surface area contributed by atoms with Gasteiger partial charge in [0.25, 0.3) is 0 Å². The monoisotopic (exact) mass is 268 g/mol. The van der Waals surface area contributed by atoms with Crippen LogP contribution in [0.1, 0.15) is 27.2 Å². The molecule has 0 aliphatic carbocycles. The van der Waals surface area contributed by atoms with E-state index < -0.39 is 0 Å². The molecule has 0 unspecified atom stereocenters. The van der Waals surface area contributed by atoms with Gasteiger partial charge in [0.15, 0.2) is 0 Å². The Labute approximate surface area is 80.3 Å². The average Bonchev–Trinajstić information content (AvgIpc) is 1.85. The van der Waals surface area contributed by atoms with E-state index in [1.165, 1.54) is 6.42 Å². The Morgan fingerprint density at radius 1 is 1.40 bits per heavy atom. The third kappa shape index (κ3) is 4.51. The van der Waals surface area contributed by atoms with E-state index in [-0.39, 0.29) is 0 Å². The largest absolute Gasteiger partial charge is 0.0651 e. The SMILES string of the molecule is CC[C@@H](C)[C@H](C)C=C(Br)Br. The van der Waals surface area contributed by atoms with Crippen LogP contribution in [-0.4, -0.2) is 0 Å². The van der Waals surface area contributed by atoms with Crippen molar-refractivity contribution >= 4 is 31.9 Å². The van der Waals surface area contributed by atoms with Gasteiger partial charge in [0, 0.05) is 0 Å². The van der Waals surface area contributed by atoms with Crippen molar-refractivity contribution in [3.05, 3.63) is 9.47 Å². The summed E-state index contributed by atoms with van der Waals surface area (Å²) >= 11 is 6.70. The predicted molar refractivity (Wildman–Crippen MR) is 54.6 cm³/mol. The van der Waals surface area contributed by atoms with Gasteiger partial charge in [-0.2, -0.15) is 0 Å². The molecular formula is C8H14Br2. The number of halogens is 2. The number of allylic oxidation sites excluding steroid dienone is 1. The van der Waals surface area contributed by atoms with Gasteiger partial charge in [-0.05, 0) is 43.7 Å². The Bertz CT molecular complexity index is 114. The van der Waals surface area contributed by atoms with Crippen LogP contribution in [0.5, 0.6) is 0 Å². The van der Waals surface area contributed by atoms with E-state index in [9.17, 15) is 0 Å². The molecule has 0 N–H and O–H groups in total. The molecule has 0 aliphatic rings. The fourth-order valence-electron chi connectivity index (χ4n) is 0.735. The van der Waals surface area contributed by atoms with E-state index in [1.54, 1.807) is 0 Å². The van der Waals surface area contributed by atoms with Crippen LogP contribution in [0.4, 0.5) is 0 Å². The minimum Gasteiger partial charge on any atom is -0.0651 e. The maximum atomic E-state index is 3.35. The predicted octanol–water partition coefficient (Wildman–Crippen LogP) is 4.30. The van der Waals surface area contributed by atoms with Crippen LogP contribution >= 0.6 is 31.9 Å². The number of hydrogen-bond donors (Lipinski definition) is 0. The van der Waals surface area contributed by atoms with E-state index in [2.05, 4.69) is 58.7 Å². The van der Waals surface area contributed by atoms with Crippen LogP contribution in [-0.2, 0) is 0 Å². The molecule has 0 aromatic carbocycles. The third-order valence-corrected chi connectivity index (χ3v) is 2.46. The zero-order valence-corrected chi connectivity index (χ0v) is 9.87. The second kappa shape index (κ2) is 5.36. The fraction of sp³-hybridized carbons (Fsp3) is 0.750. The van der Waals surface area contributed by atoms with Gasteiger partial charge in [-0.1, -0.05) is 33.3 Å². The lowest BCUT2D eigenvalue weighted by molar-refractivity contribution is 0.446. The molecule has 0 aromatic rings. The summed E-state index contributed by atoms with van der Waals surface area (Å²) in [6.07, 6.45) is 3.43. The summed E-state index contributed by atoms with van der Waals surface area (Å²) in [5.41, 5.74) is 0. The minimum absolute atomic E-state index is 0.652. The molecule has 0 fully saturated rings. The summed E-state index contributed by atoms with van der Waals surface area (Å²) in [5, 5.41) is 0. The standard InChI is InChI=1S/C8H14Br2/c1-4-6(2)7(3)5-8(9)10/h5-7H,4H2,1-3H3/t6-,7-/m1/s1. The summed E-state index contributed by atoms with van der Waals surface area (Å²) < 4.78 is 1.06. The quantitative estimate of drug-likeness (QED) is 0.717. The molecule has 2 atom stereocenters. The van der Waals surface area contributed by atoms with Gasteiger partial charge < -0.3 is 0 Å². The van der Waals surface area contributed by atoms with Crippen LogP contribution in [0, 0.1) is 11.8 Å². The maximum Gasteiger partial charge on any atom is 0.0567 e. The highest BCUT2D eigenvalue weighted by Gasteiger charge is 2.06. The minimum atomic E-state index is 0.652. The van der Waals surface area contributed by atoms with Crippen molar-refractivity contribution in [3.63, 3.8) is 0 Å². The normalized spacial score (nSPS) is 16.1. The zero-order valence-electron chi connectivity index (χ0n) is 6.70. The van der Waals surface area contributed by atoms with Gasteiger partial charge in [0.05, 0.1) is 3.39 Å². The molecule has 0 saturated carbocycles. The van der Waals surface area contributed by atoms with Gasteiger partial charge >= 0.3 is 0 Å². The lowest BCUT2D eigenvalue weighted by Gasteiger charge is -2.13. The Kier molecular flexibility index (Phi) is 5.74. The molecule has 0 radical (unpaired) electrons. The Morgan fingerprint density at radius 3 is 2.20 bits per heavy atom. The van der Waals surface area contributed by atoms with E-state index in [1.807, 2.05) is 0 Å². The molecule has 0 aliphatic heterocycles. The van der Waals surface area contributed by atoms with Crippen molar-refractivity contribution < 1.29 is 0 Å². The van der Waals surface area contributed by atoms with Gasteiger partial charge in [-0.3, -0.25) is 0 Å². The van der Waals surface area contributed by atoms with Gasteiger partial charge in [0.2, 0.25) is 0 Å². The molecular weight excluding hydrogens is 256 g/mol. The van der Waals surface area contributed by atoms with Crippen molar-refractivity contribution in [1.29, 1.82) is 0 Å². The summed E-state index contributed by atoms with van der Waals surface area (Å²) in [6.45, 7) is 6.72. The lowest BCUT2D eigenvalue weighted by atomic mass is 9.94. The third-order valence-electron chi connectivity index (χ3n) is 1.93. The zero-order chi connectivity index (χ0) is 8.15. The number of hydrogen-bond acceptors (Lipinski definition) is 0. The van der Waals surface area contributed by atoms with E-state index in [0.717, 1.165) is 9.31 Å². The maximum absolute atomic E-state index is 3.35. The van der Waals surface area contributed by atoms with Crippen molar-refractivity contribution in [2.45, 2.75) is 27.2 Å². The smallest absolute Gasteiger partial charge is 0.0567 e. The van der Waals surface area contributed by atoms with Gasteiger partial charge in [0.1, 0.15) is 0 Å². The van der Waals surface area contributed by atoms with E-state index in [0.29, 0.717) is 5.92 Å². The molecule has 2 heteroatoms. The van der Waals surface area contributed by atoms with Crippen molar-refractivity contribution in [1.82, 2.24) is 0 Å². The van der Waals surface area contributed by atoms with E-state index >= 15 is 0 Å². The first kappa shape index (κ1) is 10.7. The molecule has 0 nitrogen and oxygen atoms in total. The second-order valence-electron chi connectivity index (χ2n) is 2.70. The summed E-state index contributed by atoms with van der Waals surface area (Å²) in [7, 11) is 0. The number of rotatable bonds is 3. The van der Waals surface area contributed by atoms with Crippen LogP contribution in [0.25, 0.3) is 0 Å². The van der Waals surface area contributed by atoms with Crippen molar-refractivity contribution in [3.8, 4) is 0 Å². The molecule has 0 spiro atoms. The highest BCUT2D eigenvalue weighted by atomic mass is 79.9. The summed E-state index contributed by atoms with van der Waals surface area (Å²) in [5.74, 6) is 1.42. The van der Waals surface area contributed by atoms with Crippen molar-refractivity contribution in [2.75, 3.05) is 0 Å². The topological polar surface area (TPSA) is 0 Å². The average molecular weight is 270 g/mol. The van der Waals surface area contributed by atoms with Crippen LogP contribution in [0.3, 0.4) is 0 Å². The molecule has 0 saturated heterocycles. The molecule has 0 amide bonds. The first-order chi connectivity index (χ1) is 4.57. The molecule has 0 heterocycles. The summed E-state index contributed by atoms with van der Waals surface area (Å²) in [6, 6.07) is 0. The van der Waals surface area contributed by atoms with Gasteiger partial charge in [-0.25, -0.2) is 0 Å². The molecule has 60 valence electrons. The second-order valence-corrected chi connectivity index (χ2v) is 5.47. The highest BCUT2D eigenvalue weighted by molar-refractivity contribution is 9.28. The fourth-order valence-corrected chi connectivity index (χ4v) is 1.57. The van der Waals surface area contributed by atoms with Crippen LogP contribution in [0.15, 0.2) is 9.47 Å². The summed E-state index contributed by atoms with van der Waals surface area (Å²) in [4.78, 5) is 0. The van der Waals surface area contributed by atoms with E-state index in [4.69, 9.17) is 0 Å². The van der Waals surface area contributed by atoms with Gasteiger partial charge in [-0.15, -0.1) is 0 Å².